The Kier molecular flexibility index (Phi) is 4.71. The van der Waals surface area contributed by atoms with Crippen LogP contribution in [0, 0.1) is 5.82 Å². The highest BCUT2D eigenvalue weighted by Gasteiger charge is 2.29. The number of hydrogen-bond donors (Lipinski definition) is 1. The first-order valence-electron chi connectivity index (χ1n) is 7.80. The van der Waals surface area contributed by atoms with E-state index in [4.69, 9.17) is 0 Å². The van der Waals surface area contributed by atoms with Gasteiger partial charge in [-0.05, 0) is 24.6 Å². The summed E-state index contributed by atoms with van der Waals surface area (Å²) < 4.78 is 37.9. The molecule has 0 radical (unpaired) electrons. The van der Waals surface area contributed by atoms with E-state index in [2.05, 4.69) is 5.32 Å². The Bertz CT molecular complexity index is 969. The van der Waals surface area contributed by atoms with E-state index >= 15 is 0 Å². The average Bonchev–Trinajstić information content (AvgIpc) is 2.90. The Hall–Kier alpha value is -2.48. The molecule has 132 valence electrons. The highest BCUT2D eigenvalue weighted by molar-refractivity contribution is 7.91. The normalized spacial score (nSPS) is 18.8. The predicted molar refractivity (Wildman–Crippen MR) is 90.7 cm³/mol. The monoisotopic (exact) mass is 364 g/mol. The third kappa shape index (κ3) is 3.96. The Morgan fingerprint density at radius 2 is 2.00 bits per heavy atom. The predicted octanol–water partition coefficient (Wildman–Crippen LogP) is 0.953. The number of aromatic nitrogens is 1. The van der Waals surface area contributed by atoms with Gasteiger partial charge in [0, 0.05) is 17.8 Å². The standard InChI is InChI=1S/C17H17FN2O4S/c18-15-6-2-1-4-12(15)10-20-8-3-5-14(17(20)22)16(21)19-13-7-9-25(23,24)11-13/h1-6,8,13H,7,9-11H2,(H,19,21)/t13-/m1/s1. The second kappa shape index (κ2) is 6.79. The number of carbonyl (C=O) groups is 1. The van der Waals surface area contributed by atoms with Crippen LogP contribution in [0.15, 0.2) is 47.4 Å². The van der Waals surface area contributed by atoms with Gasteiger partial charge >= 0.3 is 0 Å². The van der Waals surface area contributed by atoms with Gasteiger partial charge in [0.1, 0.15) is 11.4 Å². The molecule has 1 aromatic carbocycles. The summed E-state index contributed by atoms with van der Waals surface area (Å²) in [6.07, 6.45) is 1.82. The summed E-state index contributed by atoms with van der Waals surface area (Å²) >= 11 is 0. The van der Waals surface area contributed by atoms with Crippen LogP contribution in [-0.4, -0.2) is 36.4 Å². The van der Waals surface area contributed by atoms with Crippen LogP contribution in [0.5, 0.6) is 0 Å². The molecule has 0 unspecified atom stereocenters. The maximum Gasteiger partial charge on any atom is 0.263 e. The molecule has 6 nitrogen and oxygen atoms in total. The molecular weight excluding hydrogens is 347 g/mol. The number of carbonyl (C=O) groups excluding carboxylic acids is 1. The topological polar surface area (TPSA) is 85.2 Å². The first-order valence-corrected chi connectivity index (χ1v) is 9.62. The second-order valence-corrected chi connectivity index (χ2v) is 8.25. The lowest BCUT2D eigenvalue weighted by molar-refractivity contribution is 0.0939. The molecule has 1 atom stereocenters. The van der Waals surface area contributed by atoms with Crippen LogP contribution in [0.25, 0.3) is 0 Å². The molecular formula is C17H17FN2O4S. The fourth-order valence-electron chi connectivity index (χ4n) is 2.82. The molecule has 0 bridgehead atoms. The smallest absolute Gasteiger partial charge is 0.263 e. The highest BCUT2D eigenvalue weighted by Crippen LogP contribution is 2.12. The summed E-state index contributed by atoms with van der Waals surface area (Å²) in [5.74, 6) is -1.13. The molecule has 1 N–H and O–H groups in total. The van der Waals surface area contributed by atoms with Crippen molar-refractivity contribution < 1.29 is 17.6 Å². The molecule has 1 aliphatic heterocycles. The molecule has 1 amide bonds. The number of pyridine rings is 1. The van der Waals surface area contributed by atoms with E-state index < -0.39 is 33.2 Å². The molecule has 1 fully saturated rings. The van der Waals surface area contributed by atoms with Crippen LogP contribution >= 0.6 is 0 Å². The van der Waals surface area contributed by atoms with Crippen molar-refractivity contribution in [3.8, 4) is 0 Å². The van der Waals surface area contributed by atoms with Crippen molar-refractivity contribution in [3.63, 3.8) is 0 Å². The number of nitrogens with zero attached hydrogens (tertiary/aromatic N) is 1. The third-order valence-electron chi connectivity index (χ3n) is 4.13. The maximum atomic E-state index is 13.8. The fourth-order valence-corrected chi connectivity index (χ4v) is 4.49. The van der Waals surface area contributed by atoms with Gasteiger partial charge in [-0.25, -0.2) is 12.8 Å². The molecule has 1 saturated heterocycles. The summed E-state index contributed by atoms with van der Waals surface area (Å²) in [6.45, 7) is 0.00440. The number of amides is 1. The molecule has 25 heavy (non-hydrogen) atoms. The number of sulfone groups is 1. The van der Waals surface area contributed by atoms with E-state index in [0.29, 0.717) is 12.0 Å². The van der Waals surface area contributed by atoms with Crippen molar-refractivity contribution in [2.24, 2.45) is 0 Å². The second-order valence-electron chi connectivity index (χ2n) is 6.02. The lowest BCUT2D eigenvalue weighted by Crippen LogP contribution is -2.39. The molecule has 8 heteroatoms. The van der Waals surface area contributed by atoms with Gasteiger partial charge in [0.15, 0.2) is 9.84 Å². The number of benzene rings is 1. The van der Waals surface area contributed by atoms with E-state index in [1.54, 1.807) is 18.2 Å². The first kappa shape index (κ1) is 17.3. The average molecular weight is 364 g/mol. The Labute approximate surface area is 144 Å². The molecule has 1 aliphatic rings. The van der Waals surface area contributed by atoms with Crippen LogP contribution in [0.4, 0.5) is 4.39 Å². The van der Waals surface area contributed by atoms with Crippen molar-refractivity contribution in [1.29, 1.82) is 0 Å². The zero-order chi connectivity index (χ0) is 18.0. The van der Waals surface area contributed by atoms with Crippen molar-refractivity contribution >= 4 is 15.7 Å². The van der Waals surface area contributed by atoms with Gasteiger partial charge in [-0.1, -0.05) is 18.2 Å². The van der Waals surface area contributed by atoms with Crippen molar-refractivity contribution in [1.82, 2.24) is 9.88 Å². The van der Waals surface area contributed by atoms with Crippen LogP contribution in [-0.2, 0) is 16.4 Å². The van der Waals surface area contributed by atoms with Crippen LogP contribution in [0.2, 0.25) is 0 Å². The number of rotatable bonds is 4. The Morgan fingerprint density at radius 3 is 2.68 bits per heavy atom. The SMILES string of the molecule is O=C(N[C@@H]1CCS(=O)(=O)C1)c1cccn(Cc2ccccc2F)c1=O. The third-order valence-corrected chi connectivity index (χ3v) is 5.90. The van der Waals surface area contributed by atoms with Crippen molar-refractivity contribution in [2.75, 3.05) is 11.5 Å². The van der Waals surface area contributed by atoms with E-state index in [0.717, 1.165) is 0 Å². The van der Waals surface area contributed by atoms with E-state index in [1.807, 2.05) is 0 Å². The summed E-state index contributed by atoms with van der Waals surface area (Å²) in [6, 6.07) is 8.51. The molecule has 0 spiro atoms. The van der Waals surface area contributed by atoms with Crippen LogP contribution < -0.4 is 10.9 Å². The van der Waals surface area contributed by atoms with Crippen LogP contribution in [0.1, 0.15) is 22.3 Å². The molecule has 0 aliphatic carbocycles. The van der Waals surface area contributed by atoms with E-state index in [1.165, 1.54) is 29.0 Å². The quantitative estimate of drug-likeness (QED) is 0.875. The van der Waals surface area contributed by atoms with E-state index in [9.17, 15) is 22.4 Å². The van der Waals surface area contributed by atoms with Gasteiger partial charge in [-0.3, -0.25) is 9.59 Å². The summed E-state index contributed by atoms with van der Waals surface area (Å²) in [7, 11) is -3.13. The van der Waals surface area contributed by atoms with Gasteiger partial charge in [0.25, 0.3) is 11.5 Å². The van der Waals surface area contributed by atoms with Crippen molar-refractivity contribution in [3.05, 3.63) is 69.9 Å². The van der Waals surface area contributed by atoms with Gasteiger partial charge < -0.3 is 9.88 Å². The molecule has 2 aromatic rings. The zero-order valence-corrected chi connectivity index (χ0v) is 14.1. The number of nitrogens with one attached hydrogen (secondary N) is 1. The minimum absolute atomic E-state index is 0.00440. The summed E-state index contributed by atoms with van der Waals surface area (Å²) in [4.78, 5) is 24.8. The summed E-state index contributed by atoms with van der Waals surface area (Å²) in [5, 5.41) is 2.59. The van der Waals surface area contributed by atoms with Gasteiger partial charge in [-0.2, -0.15) is 0 Å². The van der Waals surface area contributed by atoms with Crippen LogP contribution in [0.3, 0.4) is 0 Å². The molecule has 1 aromatic heterocycles. The zero-order valence-electron chi connectivity index (χ0n) is 13.3. The lowest BCUT2D eigenvalue weighted by Gasteiger charge is -2.12. The van der Waals surface area contributed by atoms with E-state index in [-0.39, 0.29) is 23.6 Å². The minimum Gasteiger partial charge on any atom is -0.348 e. The number of hydrogen-bond acceptors (Lipinski definition) is 4. The fraction of sp³-hybridized carbons (Fsp3) is 0.294. The van der Waals surface area contributed by atoms with Gasteiger partial charge in [-0.15, -0.1) is 0 Å². The Morgan fingerprint density at radius 1 is 1.24 bits per heavy atom. The summed E-state index contributed by atoms with van der Waals surface area (Å²) in [5.41, 5.74) is -0.309. The van der Waals surface area contributed by atoms with Gasteiger partial charge in [0.05, 0.1) is 18.1 Å². The molecule has 0 saturated carbocycles. The first-order chi connectivity index (χ1) is 11.9. The Balaban J connectivity index is 1.80. The minimum atomic E-state index is -3.13. The highest BCUT2D eigenvalue weighted by atomic mass is 32.2. The lowest BCUT2D eigenvalue weighted by atomic mass is 10.2. The molecule has 3 rings (SSSR count). The molecule has 2 heterocycles. The maximum absolute atomic E-state index is 13.8. The largest absolute Gasteiger partial charge is 0.348 e. The van der Waals surface area contributed by atoms with Gasteiger partial charge in [0.2, 0.25) is 0 Å². The number of halogens is 1. The van der Waals surface area contributed by atoms with Crippen molar-refractivity contribution in [2.45, 2.75) is 19.0 Å².